The number of nitrogens with zero attached hydrogens (tertiary/aromatic N) is 3. The molecule has 0 aliphatic carbocycles. The summed E-state index contributed by atoms with van der Waals surface area (Å²) in [5.74, 6) is -0.158. The lowest BCUT2D eigenvalue weighted by Crippen LogP contribution is -2.33. The topological polar surface area (TPSA) is 103 Å². The van der Waals surface area contributed by atoms with Crippen LogP contribution in [0.3, 0.4) is 0 Å². The summed E-state index contributed by atoms with van der Waals surface area (Å²) in [4.78, 5) is 36.1. The van der Waals surface area contributed by atoms with Crippen molar-refractivity contribution in [3.05, 3.63) is 106 Å². The van der Waals surface area contributed by atoms with Crippen LogP contribution in [0, 0.1) is 13.8 Å². The largest absolute Gasteiger partial charge is 0.465 e. The average molecular weight is 699 g/mol. The number of anilines is 1. The summed E-state index contributed by atoms with van der Waals surface area (Å²) in [5.41, 5.74) is 6.92. The number of hydrogen-bond acceptors (Lipinski definition) is 9. The Morgan fingerprint density at radius 1 is 0.880 bits per heavy atom. The summed E-state index contributed by atoms with van der Waals surface area (Å²) < 4.78 is 18.0. The molecule has 0 bridgehead atoms. The molecule has 0 fully saturated rings. The van der Waals surface area contributed by atoms with Crippen molar-refractivity contribution in [3.8, 4) is 11.3 Å². The number of methoxy groups -OCH3 is 2. The Kier molecular flexibility index (Phi) is 12.7. The first-order chi connectivity index (χ1) is 23.6. The first kappa shape index (κ1) is 38.4. The van der Waals surface area contributed by atoms with Gasteiger partial charge >= 0.3 is 12.1 Å². The van der Waals surface area contributed by atoms with E-state index >= 15 is 0 Å². The van der Waals surface area contributed by atoms with Crippen molar-refractivity contribution in [2.45, 2.75) is 83.6 Å². The van der Waals surface area contributed by atoms with Crippen molar-refractivity contribution in [2.75, 3.05) is 31.8 Å². The second kappa shape index (κ2) is 16.5. The highest BCUT2D eigenvalue weighted by molar-refractivity contribution is 8.00. The maximum atomic E-state index is 12.6. The zero-order valence-electron chi connectivity index (χ0n) is 30.9. The quantitative estimate of drug-likeness (QED) is 0.0882. The van der Waals surface area contributed by atoms with Crippen LogP contribution in [0.2, 0.25) is 0 Å². The van der Waals surface area contributed by atoms with E-state index in [1.165, 1.54) is 24.6 Å². The number of amides is 1. The summed E-state index contributed by atoms with van der Waals surface area (Å²) in [5, 5.41) is 2.94. The molecule has 50 heavy (non-hydrogen) atoms. The molecule has 3 aromatic carbocycles. The molecule has 1 heterocycles. The lowest BCUT2D eigenvalue weighted by Gasteiger charge is -2.25. The van der Waals surface area contributed by atoms with Gasteiger partial charge in [0.2, 0.25) is 5.95 Å². The molecular weight excluding hydrogens is 649 g/mol. The van der Waals surface area contributed by atoms with Crippen molar-refractivity contribution >= 4 is 30.0 Å². The zero-order chi connectivity index (χ0) is 36.6. The fourth-order valence-electron chi connectivity index (χ4n) is 5.59. The van der Waals surface area contributed by atoms with Crippen LogP contribution in [-0.4, -0.2) is 55.1 Å². The lowest BCUT2D eigenvalue weighted by molar-refractivity contribution is 0.0525. The predicted octanol–water partition coefficient (Wildman–Crippen LogP) is 9.01. The fourth-order valence-corrected chi connectivity index (χ4v) is 6.49. The van der Waals surface area contributed by atoms with Gasteiger partial charge in [0, 0.05) is 30.0 Å². The van der Waals surface area contributed by atoms with Crippen LogP contribution in [-0.2, 0) is 19.6 Å². The van der Waals surface area contributed by atoms with Crippen LogP contribution in [0.25, 0.3) is 11.3 Å². The van der Waals surface area contributed by atoms with E-state index < -0.39 is 17.7 Å². The lowest BCUT2D eigenvalue weighted by atomic mass is 9.84. The van der Waals surface area contributed by atoms with Crippen molar-refractivity contribution in [1.29, 1.82) is 0 Å². The Morgan fingerprint density at radius 2 is 1.54 bits per heavy atom. The van der Waals surface area contributed by atoms with Gasteiger partial charge in [-0.05, 0) is 105 Å². The highest BCUT2D eigenvalue weighted by atomic mass is 32.2. The number of benzene rings is 3. The van der Waals surface area contributed by atoms with Crippen LogP contribution < -0.4 is 9.62 Å². The number of ether oxygens (including phenoxy) is 3. The summed E-state index contributed by atoms with van der Waals surface area (Å²) in [6, 6.07) is 24.1. The monoisotopic (exact) mass is 698 g/mol. The van der Waals surface area contributed by atoms with Gasteiger partial charge in [-0.2, -0.15) is 0 Å². The van der Waals surface area contributed by atoms with E-state index in [0.717, 1.165) is 38.5 Å². The molecule has 1 aromatic heterocycles. The normalized spacial score (nSPS) is 12.3. The molecule has 9 nitrogen and oxygen atoms in total. The first-order valence-corrected chi connectivity index (χ1v) is 17.5. The molecule has 4 aromatic rings. The number of esters is 1. The molecule has 0 aliphatic rings. The van der Waals surface area contributed by atoms with Crippen molar-refractivity contribution in [1.82, 2.24) is 15.3 Å². The molecule has 0 aliphatic heterocycles. The minimum Gasteiger partial charge on any atom is -0.465 e. The van der Waals surface area contributed by atoms with E-state index in [9.17, 15) is 9.59 Å². The van der Waals surface area contributed by atoms with Crippen LogP contribution >= 0.6 is 11.9 Å². The molecule has 1 amide bonds. The molecule has 1 unspecified atom stereocenters. The molecule has 4 rings (SSSR count). The molecule has 10 heteroatoms. The fraction of sp³-hybridized carbons (Fsp3) is 0.400. The number of hydrogen-bond donors (Lipinski definition) is 1. The van der Waals surface area contributed by atoms with Crippen molar-refractivity contribution < 1.29 is 23.8 Å². The molecule has 0 spiro atoms. The van der Waals surface area contributed by atoms with Gasteiger partial charge in [0.15, 0.2) is 0 Å². The van der Waals surface area contributed by atoms with Crippen molar-refractivity contribution in [3.63, 3.8) is 0 Å². The summed E-state index contributed by atoms with van der Waals surface area (Å²) >= 11 is 1.37. The third-order valence-corrected chi connectivity index (χ3v) is 9.00. The Morgan fingerprint density at radius 3 is 2.14 bits per heavy atom. The van der Waals surface area contributed by atoms with E-state index in [0.29, 0.717) is 24.5 Å². The van der Waals surface area contributed by atoms with E-state index in [-0.39, 0.29) is 18.1 Å². The Balaban J connectivity index is 1.86. The Bertz CT molecular complexity index is 1760. The van der Waals surface area contributed by atoms with Gasteiger partial charge in [-0.25, -0.2) is 19.6 Å². The van der Waals surface area contributed by atoms with Gasteiger partial charge in [-0.3, -0.25) is 4.31 Å². The molecule has 0 radical (unpaired) electrons. The third kappa shape index (κ3) is 10.3. The van der Waals surface area contributed by atoms with Crippen LogP contribution in [0.5, 0.6) is 0 Å². The number of aromatic nitrogens is 2. The van der Waals surface area contributed by atoms with Crippen LogP contribution in [0.15, 0.2) is 77.7 Å². The zero-order valence-corrected chi connectivity index (χ0v) is 31.7. The number of carbonyl (C=O) groups is 2. The predicted molar refractivity (Wildman–Crippen MR) is 201 cm³/mol. The van der Waals surface area contributed by atoms with Gasteiger partial charge in [-0.1, -0.05) is 69.3 Å². The number of nitrogens with one attached hydrogen (secondary N) is 1. The minimum atomic E-state index is -0.604. The first-order valence-electron chi connectivity index (χ1n) is 16.8. The Hall–Kier alpha value is -4.41. The molecular formula is C40H50N4O5S. The van der Waals surface area contributed by atoms with Gasteiger partial charge in [0.05, 0.1) is 24.1 Å². The molecule has 1 atom stereocenters. The maximum Gasteiger partial charge on any atom is 0.407 e. The van der Waals surface area contributed by atoms with E-state index in [4.69, 9.17) is 24.2 Å². The maximum absolute atomic E-state index is 12.6. The van der Waals surface area contributed by atoms with E-state index in [1.807, 2.05) is 43.3 Å². The van der Waals surface area contributed by atoms with Crippen LogP contribution in [0.1, 0.15) is 92.2 Å². The highest BCUT2D eigenvalue weighted by Crippen LogP contribution is 2.36. The van der Waals surface area contributed by atoms with Gasteiger partial charge < -0.3 is 19.5 Å². The smallest absolute Gasteiger partial charge is 0.407 e. The number of aryl methyl sites for hydroxylation is 2. The third-order valence-electron chi connectivity index (χ3n) is 8.05. The molecule has 266 valence electrons. The average Bonchev–Trinajstić information content (AvgIpc) is 3.05. The Labute approximate surface area is 301 Å². The highest BCUT2D eigenvalue weighted by Gasteiger charge is 2.24. The molecule has 0 saturated carbocycles. The number of carbonyl (C=O) groups excluding carboxylic acids is 2. The van der Waals surface area contributed by atoms with E-state index in [2.05, 4.69) is 82.4 Å². The molecule has 0 saturated heterocycles. The van der Waals surface area contributed by atoms with Crippen molar-refractivity contribution in [2.24, 2.45) is 0 Å². The number of alkyl carbamates (subject to hydrolysis) is 1. The van der Waals surface area contributed by atoms with Gasteiger partial charge in [-0.15, -0.1) is 0 Å². The molecule has 1 N–H and O–H groups in total. The van der Waals surface area contributed by atoms with Gasteiger partial charge in [0.1, 0.15) is 12.3 Å². The summed E-state index contributed by atoms with van der Waals surface area (Å²) in [7, 11) is 2.99. The van der Waals surface area contributed by atoms with Crippen LogP contribution in [0.4, 0.5) is 10.7 Å². The number of rotatable bonds is 12. The van der Waals surface area contributed by atoms with E-state index in [1.54, 1.807) is 19.2 Å². The summed E-state index contributed by atoms with van der Waals surface area (Å²) in [6.45, 7) is 16.8. The SMILES string of the molecule is COCN(Sc1cccc(C(=O)OC)c1)c1nc(-c2c(C)cccc2C)cc(C(CCNC(=O)OC(C)(C)C)c2ccc(C(C)(C)C)cc2)n1. The summed E-state index contributed by atoms with van der Waals surface area (Å²) in [6.07, 6.45) is 0.103. The standard InChI is InChI=1S/C40H50N4O5S/c1-26-13-11-14-27(2)35(26)34-24-33(42-37(43-34)44(25-47-9)50-31-16-12-15-29(23-31)36(45)48-10)32(21-22-41-38(46)49-40(6,7)8)28-17-19-30(20-18-28)39(3,4)5/h11-20,23-24,32H,21-22,25H2,1-10H3,(H,41,46). The minimum absolute atomic E-state index is 0.00698. The second-order valence-electron chi connectivity index (χ2n) is 14.3. The second-order valence-corrected chi connectivity index (χ2v) is 15.4. The van der Waals surface area contributed by atoms with Gasteiger partial charge in [0.25, 0.3) is 0 Å².